The van der Waals surface area contributed by atoms with E-state index in [4.69, 9.17) is 27.9 Å². The first kappa shape index (κ1) is 22.3. The van der Waals surface area contributed by atoms with Gasteiger partial charge in [-0.25, -0.2) is 4.79 Å². The maximum absolute atomic E-state index is 12.5. The average Bonchev–Trinajstić information content (AvgIpc) is 2.71. The molecule has 0 unspecified atom stereocenters. The normalized spacial score (nSPS) is 11.9. The number of hydrogen-bond donors (Lipinski definition) is 1. The third kappa shape index (κ3) is 6.24. The average molecular weight is 433 g/mol. The van der Waals surface area contributed by atoms with Gasteiger partial charge in [0, 0.05) is 0 Å². The summed E-state index contributed by atoms with van der Waals surface area (Å²) in [5, 5.41) is 12.4. The topological polar surface area (TPSA) is 88.4 Å². The van der Waals surface area contributed by atoms with Crippen molar-refractivity contribution in [3.8, 4) is 11.8 Å². The van der Waals surface area contributed by atoms with E-state index in [9.17, 15) is 14.9 Å². The van der Waals surface area contributed by atoms with Gasteiger partial charge in [-0.3, -0.25) is 4.79 Å². The number of carbonyl (C=O) groups excluding carboxylic acids is 2. The number of nitrogens with zero attached hydrogens (tertiary/aromatic N) is 1. The highest BCUT2D eigenvalue weighted by atomic mass is 35.5. The van der Waals surface area contributed by atoms with E-state index in [-0.39, 0.29) is 34.0 Å². The fourth-order valence-corrected chi connectivity index (χ4v) is 3.02. The van der Waals surface area contributed by atoms with Crippen molar-refractivity contribution in [3.63, 3.8) is 0 Å². The first-order chi connectivity index (χ1) is 13.8. The van der Waals surface area contributed by atoms with Gasteiger partial charge in [0.1, 0.15) is 11.6 Å². The van der Waals surface area contributed by atoms with E-state index >= 15 is 0 Å². The highest BCUT2D eigenvalue weighted by Gasteiger charge is 2.16. The first-order valence-corrected chi connectivity index (χ1v) is 9.27. The summed E-state index contributed by atoms with van der Waals surface area (Å²) in [6.45, 7) is 1.47. The Morgan fingerprint density at radius 2 is 1.83 bits per heavy atom. The second kappa shape index (κ2) is 10.5. The Morgan fingerprint density at radius 3 is 2.38 bits per heavy atom. The molecular formula is C21H18Cl2N2O4. The molecule has 1 N–H and O–H groups in total. The molecule has 6 nitrogen and oxygen atoms in total. The van der Waals surface area contributed by atoms with Crippen molar-refractivity contribution in [2.75, 3.05) is 13.7 Å². The highest BCUT2D eigenvalue weighted by molar-refractivity contribution is 6.37. The largest absolute Gasteiger partial charge is 0.479 e. The third-order valence-electron chi connectivity index (χ3n) is 3.91. The van der Waals surface area contributed by atoms with Gasteiger partial charge in [0.05, 0.1) is 23.2 Å². The molecule has 1 amide bonds. The number of esters is 1. The summed E-state index contributed by atoms with van der Waals surface area (Å²) in [6.07, 6.45) is 1.37. The molecule has 0 aliphatic carbocycles. The summed E-state index contributed by atoms with van der Waals surface area (Å²) >= 11 is 12.3. The molecule has 0 bridgehead atoms. The smallest absolute Gasteiger partial charge is 0.343 e. The van der Waals surface area contributed by atoms with E-state index < -0.39 is 11.9 Å². The Bertz CT molecular complexity index is 945. The predicted molar refractivity (Wildman–Crippen MR) is 111 cm³/mol. The van der Waals surface area contributed by atoms with Gasteiger partial charge in [-0.2, -0.15) is 5.26 Å². The molecule has 0 aliphatic rings. The van der Waals surface area contributed by atoms with Crippen LogP contribution >= 0.6 is 23.2 Å². The molecule has 0 aliphatic heterocycles. The fourth-order valence-electron chi connectivity index (χ4n) is 2.41. The minimum Gasteiger partial charge on any atom is -0.479 e. The summed E-state index contributed by atoms with van der Waals surface area (Å²) in [4.78, 5) is 23.7. The summed E-state index contributed by atoms with van der Waals surface area (Å²) in [6, 6.07) is 13.9. The lowest BCUT2D eigenvalue weighted by Gasteiger charge is -2.14. The molecule has 0 spiro atoms. The van der Waals surface area contributed by atoms with Crippen LogP contribution in [0, 0.1) is 11.3 Å². The van der Waals surface area contributed by atoms with E-state index in [1.54, 1.807) is 0 Å². The van der Waals surface area contributed by atoms with Crippen LogP contribution in [0.15, 0.2) is 48.0 Å². The van der Waals surface area contributed by atoms with Gasteiger partial charge in [0.15, 0.2) is 12.4 Å². The SMILES string of the molecule is COC(=O)COc1c(Cl)cc(/C=C(/C#N)C(=O)N[C@H](C)c2ccccc2)cc1Cl. The number of methoxy groups -OCH3 is 1. The van der Waals surface area contributed by atoms with Crippen LogP contribution in [-0.2, 0) is 14.3 Å². The Kier molecular flexibility index (Phi) is 8.08. The molecule has 8 heteroatoms. The van der Waals surface area contributed by atoms with Crippen molar-refractivity contribution in [3.05, 3.63) is 69.2 Å². The predicted octanol–water partition coefficient (Wildman–Crippen LogP) is 4.33. The number of benzene rings is 2. The molecule has 0 radical (unpaired) electrons. The minimum absolute atomic E-state index is 0.108. The molecule has 0 saturated carbocycles. The zero-order valence-corrected chi connectivity index (χ0v) is 17.3. The van der Waals surface area contributed by atoms with Crippen LogP contribution in [0.3, 0.4) is 0 Å². The number of amides is 1. The molecule has 0 saturated heterocycles. The zero-order valence-electron chi connectivity index (χ0n) is 15.7. The van der Waals surface area contributed by atoms with Crippen LogP contribution in [0.2, 0.25) is 10.0 Å². The lowest BCUT2D eigenvalue weighted by molar-refractivity contribution is -0.142. The van der Waals surface area contributed by atoms with Crippen LogP contribution in [0.5, 0.6) is 5.75 Å². The molecule has 1 atom stereocenters. The Hall–Kier alpha value is -3.01. The van der Waals surface area contributed by atoms with Crippen molar-refractivity contribution < 1.29 is 19.1 Å². The van der Waals surface area contributed by atoms with E-state index in [2.05, 4.69) is 10.1 Å². The number of halogens is 2. The monoisotopic (exact) mass is 432 g/mol. The fraction of sp³-hybridized carbons (Fsp3) is 0.190. The molecule has 2 aromatic carbocycles. The Morgan fingerprint density at radius 1 is 1.21 bits per heavy atom. The number of nitriles is 1. The molecule has 0 aromatic heterocycles. The molecule has 2 rings (SSSR count). The summed E-state index contributed by atoms with van der Waals surface area (Å²) in [5.41, 5.74) is 1.24. The van der Waals surface area contributed by atoms with Gasteiger partial charge < -0.3 is 14.8 Å². The second-order valence-electron chi connectivity index (χ2n) is 5.95. The molecule has 29 heavy (non-hydrogen) atoms. The zero-order chi connectivity index (χ0) is 21.4. The molecule has 0 fully saturated rings. The van der Waals surface area contributed by atoms with E-state index in [0.717, 1.165) is 5.56 Å². The van der Waals surface area contributed by atoms with Gasteiger partial charge in [-0.05, 0) is 36.3 Å². The van der Waals surface area contributed by atoms with Gasteiger partial charge in [-0.15, -0.1) is 0 Å². The van der Waals surface area contributed by atoms with Gasteiger partial charge >= 0.3 is 5.97 Å². The first-order valence-electron chi connectivity index (χ1n) is 8.52. The van der Waals surface area contributed by atoms with Crippen molar-refractivity contribution in [1.82, 2.24) is 5.32 Å². The quantitative estimate of drug-likeness (QED) is 0.399. The Labute approximate surface area is 178 Å². The van der Waals surface area contributed by atoms with Crippen molar-refractivity contribution >= 4 is 41.2 Å². The Balaban J connectivity index is 2.18. The van der Waals surface area contributed by atoms with Crippen molar-refractivity contribution in [1.29, 1.82) is 5.26 Å². The van der Waals surface area contributed by atoms with Gasteiger partial charge in [0.25, 0.3) is 5.91 Å². The number of rotatable bonds is 7. The standard InChI is InChI=1S/C21H18Cl2N2O4/c1-13(15-6-4-3-5-7-15)25-21(27)16(11-24)8-14-9-17(22)20(18(23)10-14)29-12-19(26)28-2/h3-10,13H,12H2,1-2H3,(H,25,27)/b16-8-/t13-/m1/s1. The second-order valence-corrected chi connectivity index (χ2v) is 6.77. The van der Waals surface area contributed by atoms with Crippen LogP contribution in [0.4, 0.5) is 0 Å². The van der Waals surface area contributed by atoms with E-state index in [1.807, 2.05) is 43.3 Å². The summed E-state index contributed by atoms with van der Waals surface area (Å²) in [5.74, 6) is -1.00. The van der Waals surface area contributed by atoms with E-state index in [1.165, 1.54) is 25.3 Å². The molecule has 150 valence electrons. The number of ether oxygens (including phenoxy) is 2. The highest BCUT2D eigenvalue weighted by Crippen LogP contribution is 2.35. The maximum atomic E-state index is 12.5. The summed E-state index contributed by atoms with van der Waals surface area (Å²) in [7, 11) is 1.23. The number of nitrogens with one attached hydrogen (secondary N) is 1. The van der Waals surface area contributed by atoms with Gasteiger partial charge in [-0.1, -0.05) is 53.5 Å². The number of carbonyl (C=O) groups is 2. The van der Waals surface area contributed by atoms with Crippen LogP contribution < -0.4 is 10.1 Å². The summed E-state index contributed by atoms with van der Waals surface area (Å²) < 4.78 is 9.74. The lowest BCUT2D eigenvalue weighted by Crippen LogP contribution is -2.27. The van der Waals surface area contributed by atoms with Gasteiger partial charge in [0.2, 0.25) is 0 Å². The number of hydrogen-bond acceptors (Lipinski definition) is 5. The molecule has 2 aromatic rings. The minimum atomic E-state index is -0.586. The third-order valence-corrected chi connectivity index (χ3v) is 4.47. The van der Waals surface area contributed by atoms with Crippen LogP contribution in [0.1, 0.15) is 24.1 Å². The van der Waals surface area contributed by atoms with Crippen molar-refractivity contribution in [2.24, 2.45) is 0 Å². The van der Waals surface area contributed by atoms with Crippen LogP contribution in [0.25, 0.3) is 6.08 Å². The lowest BCUT2D eigenvalue weighted by atomic mass is 10.1. The van der Waals surface area contributed by atoms with Crippen LogP contribution in [-0.4, -0.2) is 25.6 Å². The maximum Gasteiger partial charge on any atom is 0.343 e. The van der Waals surface area contributed by atoms with E-state index in [0.29, 0.717) is 5.56 Å². The molecule has 0 heterocycles. The van der Waals surface area contributed by atoms with Crippen molar-refractivity contribution in [2.45, 2.75) is 13.0 Å². The molecular weight excluding hydrogens is 415 g/mol.